The molecule has 0 spiro atoms. The van der Waals surface area contributed by atoms with Crippen LogP contribution in [0.15, 0.2) is 11.6 Å². The summed E-state index contributed by atoms with van der Waals surface area (Å²) in [6.45, 7) is 10.6. The van der Waals surface area contributed by atoms with Crippen molar-refractivity contribution >= 4 is 5.78 Å². The largest absolute Gasteiger partial charge is 0.389 e. The number of Topliss-reactive ketones (excluding diaryl/α,β-unsaturated/α-hetero) is 1. The molecule has 0 amide bonds. The predicted octanol–water partition coefficient (Wildman–Crippen LogP) is 4.04. The molecule has 1 saturated heterocycles. The molecule has 0 unspecified atom stereocenters. The molecule has 0 aromatic carbocycles. The Hall–Kier alpha value is -0.670. The van der Waals surface area contributed by atoms with Crippen LogP contribution in [0.25, 0.3) is 0 Å². The van der Waals surface area contributed by atoms with Crippen molar-refractivity contribution in [1.29, 1.82) is 0 Å². The lowest BCUT2D eigenvalue weighted by molar-refractivity contribution is -0.123. The van der Waals surface area contributed by atoms with Crippen LogP contribution >= 0.6 is 0 Å². The van der Waals surface area contributed by atoms with Crippen molar-refractivity contribution in [3.05, 3.63) is 11.6 Å². The van der Waals surface area contributed by atoms with Crippen molar-refractivity contribution in [3.63, 3.8) is 0 Å². The summed E-state index contributed by atoms with van der Waals surface area (Å²) in [4.78, 5) is 12.7. The molecule has 5 atom stereocenters. The zero-order valence-electron chi connectivity index (χ0n) is 15.3. The Bertz CT molecular complexity index is 537. The molecule has 3 nitrogen and oxygen atoms in total. The lowest BCUT2D eigenvalue weighted by Crippen LogP contribution is -2.45. The molecular formula is C20H32O3. The van der Waals surface area contributed by atoms with Crippen molar-refractivity contribution in [3.8, 4) is 0 Å². The van der Waals surface area contributed by atoms with Crippen LogP contribution in [0.4, 0.5) is 0 Å². The van der Waals surface area contributed by atoms with Crippen LogP contribution in [-0.4, -0.2) is 28.2 Å². The molecule has 0 bridgehead atoms. The maximum absolute atomic E-state index is 12.7. The quantitative estimate of drug-likeness (QED) is 0.742. The minimum absolute atomic E-state index is 0.0122. The minimum atomic E-state index is -0.732. The second-order valence-electron chi connectivity index (χ2n) is 9.03. The summed E-state index contributed by atoms with van der Waals surface area (Å²) in [5.74, 6) is 0.407. The van der Waals surface area contributed by atoms with Gasteiger partial charge in [0.25, 0.3) is 0 Å². The number of epoxide rings is 1. The van der Waals surface area contributed by atoms with Crippen LogP contribution in [0.1, 0.15) is 73.1 Å². The Morgan fingerprint density at radius 2 is 1.96 bits per heavy atom. The number of hydrogen-bond acceptors (Lipinski definition) is 3. The molecule has 0 aromatic rings. The SMILES string of the molecule is C/C1=C\CC[C@@]2(C)O[C@@H]2C[C@]2(C)CC[C@](O)(C(C)C)[C@H]2CC1=O. The van der Waals surface area contributed by atoms with E-state index in [0.29, 0.717) is 6.42 Å². The molecule has 3 rings (SSSR count). The summed E-state index contributed by atoms with van der Waals surface area (Å²) in [6.07, 6.45) is 7.46. The molecule has 1 aliphatic heterocycles. The van der Waals surface area contributed by atoms with Crippen LogP contribution in [0.5, 0.6) is 0 Å². The fourth-order valence-electron chi connectivity index (χ4n) is 5.02. The number of carbonyl (C=O) groups is 1. The highest BCUT2D eigenvalue weighted by atomic mass is 16.6. The number of allylic oxidation sites excluding steroid dienone is 2. The lowest BCUT2D eigenvalue weighted by Gasteiger charge is -2.40. The summed E-state index contributed by atoms with van der Waals surface area (Å²) < 4.78 is 6.05. The van der Waals surface area contributed by atoms with E-state index in [2.05, 4.69) is 33.8 Å². The lowest BCUT2D eigenvalue weighted by atomic mass is 9.66. The highest BCUT2D eigenvalue weighted by molar-refractivity contribution is 5.95. The molecule has 2 aliphatic carbocycles. The van der Waals surface area contributed by atoms with Gasteiger partial charge in [-0.3, -0.25) is 4.79 Å². The van der Waals surface area contributed by atoms with E-state index in [4.69, 9.17) is 4.74 Å². The number of ketones is 1. The van der Waals surface area contributed by atoms with Crippen LogP contribution < -0.4 is 0 Å². The van der Waals surface area contributed by atoms with E-state index in [9.17, 15) is 9.90 Å². The van der Waals surface area contributed by atoms with Gasteiger partial charge in [-0.15, -0.1) is 0 Å². The van der Waals surface area contributed by atoms with Crippen molar-refractivity contribution in [2.24, 2.45) is 17.3 Å². The van der Waals surface area contributed by atoms with Gasteiger partial charge in [-0.1, -0.05) is 26.8 Å². The smallest absolute Gasteiger partial charge is 0.158 e. The van der Waals surface area contributed by atoms with Gasteiger partial charge in [0.05, 0.1) is 17.3 Å². The van der Waals surface area contributed by atoms with E-state index in [0.717, 1.165) is 37.7 Å². The Labute approximate surface area is 140 Å². The van der Waals surface area contributed by atoms with E-state index in [1.807, 2.05) is 6.92 Å². The van der Waals surface area contributed by atoms with E-state index in [1.165, 1.54) is 0 Å². The zero-order valence-corrected chi connectivity index (χ0v) is 15.3. The van der Waals surface area contributed by atoms with Gasteiger partial charge in [0.15, 0.2) is 5.78 Å². The molecule has 130 valence electrons. The summed E-state index contributed by atoms with van der Waals surface area (Å²) >= 11 is 0. The van der Waals surface area contributed by atoms with Crippen LogP contribution in [0.2, 0.25) is 0 Å². The minimum Gasteiger partial charge on any atom is -0.389 e. The van der Waals surface area contributed by atoms with Gasteiger partial charge in [0, 0.05) is 12.3 Å². The van der Waals surface area contributed by atoms with Crippen LogP contribution in [0.3, 0.4) is 0 Å². The van der Waals surface area contributed by atoms with Crippen molar-refractivity contribution in [2.75, 3.05) is 0 Å². The first-order chi connectivity index (χ1) is 10.6. The molecule has 1 N–H and O–H groups in total. The highest BCUT2D eigenvalue weighted by Crippen LogP contribution is 2.59. The van der Waals surface area contributed by atoms with Gasteiger partial charge < -0.3 is 9.84 Å². The summed E-state index contributed by atoms with van der Waals surface area (Å²) in [6, 6.07) is 0. The van der Waals surface area contributed by atoms with E-state index in [-0.39, 0.29) is 34.7 Å². The van der Waals surface area contributed by atoms with E-state index < -0.39 is 5.60 Å². The monoisotopic (exact) mass is 320 g/mol. The van der Waals surface area contributed by atoms with Gasteiger partial charge in [0.2, 0.25) is 0 Å². The highest BCUT2D eigenvalue weighted by Gasteiger charge is 2.61. The zero-order chi connectivity index (χ0) is 17.0. The maximum Gasteiger partial charge on any atom is 0.158 e. The molecule has 23 heavy (non-hydrogen) atoms. The average molecular weight is 320 g/mol. The van der Waals surface area contributed by atoms with Gasteiger partial charge in [-0.25, -0.2) is 0 Å². The number of hydrogen-bond donors (Lipinski definition) is 1. The van der Waals surface area contributed by atoms with E-state index >= 15 is 0 Å². The molecule has 3 heteroatoms. The molecule has 2 fully saturated rings. The van der Waals surface area contributed by atoms with Gasteiger partial charge in [0.1, 0.15) is 0 Å². The number of aliphatic hydroxyl groups is 1. The number of ether oxygens (including phenoxy) is 1. The van der Waals surface area contributed by atoms with Crippen molar-refractivity contribution in [1.82, 2.24) is 0 Å². The molecule has 3 aliphatic rings. The first-order valence-electron chi connectivity index (χ1n) is 9.21. The Morgan fingerprint density at radius 1 is 1.26 bits per heavy atom. The summed E-state index contributed by atoms with van der Waals surface area (Å²) in [5, 5.41) is 11.3. The molecule has 0 aromatic heterocycles. The molecule has 1 saturated carbocycles. The third kappa shape index (κ3) is 2.80. The van der Waals surface area contributed by atoms with E-state index in [1.54, 1.807) is 0 Å². The van der Waals surface area contributed by atoms with Crippen LogP contribution in [-0.2, 0) is 9.53 Å². The number of carbonyl (C=O) groups excluding carboxylic acids is 1. The third-order valence-corrected chi connectivity index (χ3v) is 7.15. The maximum atomic E-state index is 12.7. The predicted molar refractivity (Wildman–Crippen MR) is 91.1 cm³/mol. The molecule has 0 radical (unpaired) electrons. The molecule has 1 heterocycles. The Kier molecular flexibility index (Phi) is 4.04. The standard InChI is InChI=1S/C20H32O3/c1-13(2)20(22)10-9-18(4)12-17-19(5,23-17)8-6-7-14(3)15(21)11-16(18)20/h7,13,16-17,22H,6,8-12H2,1-5H3/b14-7+/t16-,17+,18-,19+,20-/m0/s1. The summed E-state index contributed by atoms with van der Waals surface area (Å²) in [5.41, 5.74) is 0.0789. The summed E-state index contributed by atoms with van der Waals surface area (Å²) in [7, 11) is 0. The number of fused-ring (bicyclic) bond motifs is 2. The fraction of sp³-hybridized carbons (Fsp3) is 0.850. The van der Waals surface area contributed by atoms with Gasteiger partial charge >= 0.3 is 0 Å². The van der Waals surface area contributed by atoms with Crippen molar-refractivity contribution in [2.45, 2.75) is 90.4 Å². The topological polar surface area (TPSA) is 49.8 Å². The van der Waals surface area contributed by atoms with Crippen molar-refractivity contribution < 1.29 is 14.6 Å². The second-order valence-corrected chi connectivity index (χ2v) is 9.03. The Balaban J connectivity index is 1.96. The first-order valence-corrected chi connectivity index (χ1v) is 9.21. The Morgan fingerprint density at radius 3 is 2.61 bits per heavy atom. The third-order valence-electron chi connectivity index (χ3n) is 7.15. The van der Waals surface area contributed by atoms with Gasteiger partial charge in [-0.2, -0.15) is 0 Å². The number of rotatable bonds is 1. The first kappa shape index (κ1) is 17.2. The average Bonchev–Trinajstić information content (AvgIpc) is 3.01. The van der Waals surface area contributed by atoms with Crippen LogP contribution in [0, 0.1) is 17.3 Å². The second kappa shape index (κ2) is 5.42. The normalized spacial score (nSPS) is 49.9. The van der Waals surface area contributed by atoms with Gasteiger partial charge in [-0.05, 0) is 62.9 Å². The fourth-order valence-corrected chi connectivity index (χ4v) is 5.02. The molecular weight excluding hydrogens is 288 g/mol.